The molecule has 0 aliphatic carbocycles. The standard InChI is InChI=1S/C20H31NO5/c1-6-14(2)16(21-19(24)26-20(3,4)5)13-25-17(18(22)23)12-15-10-8-7-9-11-15/h7-11,14,16-17H,6,12-13H2,1-5H3,(H,21,24)(H,22,23). The lowest BCUT2D eigenvalue weighted by Gasteiger charge is -2.27. The van der Waals surface area contributed by atoms with E-state index in [2.05, 4.69) is 5.32 Å². The van der Waals surface area contributed by atoms with Gasteiger partial charge in [-0.1, -0.05) is 50.6 Å². The minimum atomic E-state index is -1.02. The van der Waals surface area contributed by atoms with E-state index in [0.717, 1.165) is 12.0 Å². The van der Waals surface area contributed by atoms with Crippen LogP contribution in [0.1, 0.15) is 46.6 Å². The highest BCUT2D eigenvalue weighted by atomic mass is 16.6. The first-order valence-electron chi connectivity index (χ1n) is 9.00. The van der Waals surface area contributed by atoms with Crippen LogP contribution in [-0.4, -0.2) is 41.5 Å². The van der Waals surface area contributed by atoms with Crippen molar-refractivity contribution in [3.63, 3.8) is 0 Å². The molecular formula is C20H31NO5. The molecule has 0 saturated heterocycles. The fourth-order valence-electron chi connectivity index (χ4n) is 2.36. The second-order valence-corrected chi connectivity index (χ2v) is 7.49. The van der Waals surface area contributed by atoms with Gasteiger partial charge in [-0.25, -0.2) is 9.59 Å². The topological polar surface area (TPSA) is 84.9 Å². The summed E-state index contributed by atoms with van der Waals surface area (Å²) in [6.07, 6.45) is -0.401. The molecule has 0 radical (unpaired) electrons. The summed E-state index contributed by atoms with van der Waals surface area (Å²) in [4.78, 5) is 23.6. The van der Waals surface area contributed by atoms with Crippen molar-refractivity contribution in [2.75, 3.05) is 6.61 Å². The Morgan fingerprint density at radius 2 is 1.81 bits per heavy atom. The average molecular weight is 365 g/mol. The molecule has 0 fully saturated rings. The number of carbonyl (C=O) groups excluding carboxylic acids is 1. The second-order valence-electron chi connectivity index (χ2n) is 7.49. The number of nitrogens with one attached hydrogen (secondary N) is 1. The molecule has 0 saturated carbocycles. The predicted octanol–water partition coefficient (Wildman–Crippen LogP) is 3.64. The van der Waals surface area contributed by atoms with E-state index >= 15 is 0 Å². The lowest BCUT2D eigenvalue weighted by molar-refractivity contribution is -0.151. The molecule has 0 aliphatic rings. The number of carboxylic acids is 1. The number of rotatable bonds is 9. The summed E-state index contributed by atoms with van der Waals surface area (Å²) in [6.45, 7) is 9.48. The summed E-state index contributed by atoms with van der Waals surface area (Å²) in [5, 5.41) is 12.2. The Bertz CT molecular complexity index is 567. The molecule has 146 valence electrons. The maximum atomic E-state index is 12.1. The van der Waals surface area contributed by atoms with E-state index in [9.17, 15) is 14.7 Å². The van der Waals surface area contributed by atoms with Crippen molar-refractivity contribution in [3.8, 4) is 0 Å². The number of aliphatic carboxylic acids is 1. The summed E-state index contributed by atoms with van der Waals surface area (Å²) in [6, 6.07) is 9.01. The first-order chi connectivity index (χ1) is 12.1. The van der Waals surface area contributed by atoms with Gasteiger partial charge in [0, 0.05) is 6.42 Å². The largest absolute Gasteiger partial charge is 0.479 e. The van der Waals surface area contributed by atoms with Crippen LogP contribution in [0, 0.1) is 5.92 Å². The summed E-state index contributed by atoms with van der Waals surface area (Å²) >= 11 is 0. The first-order valence-corrected chi connectivity index (χ1v) is 9.00. The van der Waals surface area contributed by atoms with Gasteiger partial charge in [-0.05, 0) is 32.3 Å². The summed E-state index contributed by atoms with van der Waals surface area (Å²) in [7, 11) is 0. The number of hydrogen-bond donors (Lipinski definition) is 2. The quantitative estimate of drug-likeness (QED) is 0.698. The van der Waals surface area contributed by atoms with E-state index in [-0.39, 0.29) is 25.0 Å². The molecule has 0 spiro atoms. The minimum Gasteiger partial charge on any atom is -0.479 e. The molecule has 0 heterocycles. The van der Waals surface area contributed by atoms with E-state index in [1.807, 2.05) is 44.2 Å². The Morgan fingerprint density at radius 3 is 2.31 bits per heavy atom. The molecule has 0 bridgehead atoms. The van der Waals surface area contributed by atoms with Crippen molar-refractivity contribution in [3.05, 3.63) is 35.9 Å². The highest BCUT2D eigenvalue weighted by molar-refractivity contribution is 5.72. The van der Waals surface area contributed by atoms with Crippen LogP contribution in [0.15, 0.2) is 30.3 Å². The number of carboxylic acid groups (broad SMARTS) is 1. The Labute approximate surface area is 155 Å². The zero-order valence-corrected chi connectivity index (χ0v) is 16.3. The van der Waals surface area contributed by atoms with Gasteiger partial charge in [-0.3, -0.25) is 0 Å². The Hall–Kier alpha value is -2.08. The van der Waals surface area contributed by atoms with Crippen molar-refractivity contribution in [1.29, 1.82) is 0 Å². The van der Waals surface area contributed by atoms with Crippen molar-refractivity contribution < 1.29 is 24.2 Å². The van der Waals surface area contributed by atoms with Gasteiger partial charge in [-0.15, -0.1) is 0 Å². The third-order valence-corrected chi connectivity index (χ3v) is 4.05. The van der Waals surface area contributed by atoms with E-state index in [4.69, 9.17) is 9.47 Å². The molecule has 3 atom stereocenters. The van der Waals surface area contributed by atoms with Gasteiger partial charge in [0.25, 0.3) is 0 Å². The molecule has 1 aromatic rings. The van der Waals surface area contributed by atoms with Gasteiger partial charge in [0.1, 0.15) is 5.60 Å². The van der Waals surface area contributed by atoms with Crippen LogP contribution >= 0.6 is 0 Å². The lowest BCUT2D eigenvalue weighted by atomic mass is 10.00. The maximum Gasteiger partial charge on any atom is 0.407 e. The normalized spacial score (nSPS) is 15.0. The van der Waals surface area contributed by atoms with Gasteiger partial charge in [-0.2, -0.15) is 0 Å². The van der Waals surface area contributed by atoms with Gasteiger partial charge in [0.15, 0.2) is 6.10 Å². The number of alkyl carbamates (subject to hydrolysis) is 1. The molecule has 26 heavy (non-hydrogen) atoms. The van der Waals surface area contributed by atoms with Crippen LogP contribution in [0.2, 0.25) is 0 Å². The van der Waals surface area contributed by atoms with Crippen LogP contribution in [0.5, 0.6) is 0 Å². The molecule has 1 aromatic carbocycles. The Kier molecular flexibility index (Phi) is 8.58. The monoisotopic (exact) mass is 365 g/mol. The zero-order valence-electron chi connectivity index (χ0n) is 16.3. The SMILES string of the molecule is CCC(C)C(COC(Cc1ccccc1)C(=O)O)NC(=O)OC(C)(C)C. The van der Waals surface area contributed by atoms with Crippen molar-refractivity contribution in [2.24, 2.45) is 5.92 Å². The maximum absolute atomic E-state index is 12.1. The van der Waals surface area contributed by atoms with E-state index in [0.29, 0.717) is 0 Å². The van der Waals surface area contributed by atoms with E-state index < -0.39 is 23.8 Å². The Morgan fingerprint density at radius 1 is 1.19 bits per heavy atom. The van der Waals surface area contributed by atoms with Crippen LogP contribution in [0.25, 0.3) is 0 Å². The van der Waals surface area contributed by atoms with Crippen LogP contribution in [0.4, 0.5) is 4.79 Å². The predicted molar refractivity (Wildman–Crippen MR) is 100 cm³/mol. The smallest absolute Gasteiger partial charge is 0.407 e. The fraction of sp³-hybridized carbons (Fsp3) is 0.600. The van der Waals surface area contributed by atoms with E-state index in [1.54, 1.807) is 20.8 Å². The third-order valence-electron chi connectivity index (χ3n) is 4.05. The van der Waals surface area contributed by atoms with Crippen LogP contribution in [-0.2, 0) is 20.7 Å². The van der Waals surface area contributed by atoms with Crippen LogP contribution < -0.4 is 5.32 Å². The van der Waals surface area contributed by atoms with Gasteiger partial charge in [0.2, 0.25) is 0 Å². The molecule has 1 rings (SSSR count). The molecular weight excluding hydrogens is 334 g/mol. The molecule has 1 amide bonds. The van der Waals surface area contributed by atoms with Crippen molar-refractivity contribution in [2.45, 2.75) is 65.2 Å². The highest BCUT2D eigenvalue weighted by Gasteiger charge is 2.26. The third kappa shape index (κ3) is 8.34. The number of hydrogen-bond acceptors (Lipinski definition) is 4. The molecule has 0 aromatic heterocycles. The number of ether oxygens (including phenoxy) is 2. The lowest BCUT2D eigenvalue weighted by Crippen LogP contribution is -2.46. The zero-order chi connectivity index (χ0) is 19.7. The first kappa shape index (κ1) is 22.0. The molecule has 6 heteroatoms. The summed E-state index contributed by atoms with van der Waals surface area (Å²) in [5.41, 5.74) is 0.294. The minimum absolute atomic E-state index is 0.109. The number of benzene rings is 1. The van der Waals surface area contributed by atoms with Crippen molar-refractivity contribution in [1.82, 2.24) is 5.32 Å². The van der Waals surface area contributed by atoms with E-state index in [1.165, 1.54) is 0 Å². The molecule has 0 aliphatic heterocycles. The molecule has 2 N–H and O–H groups in total. The summed E-state index contributed by atoms with van der Waals surface area (Å²) in [5.74, 6) is -0.900. The average Bonchev–Trinajstić information content (AvgIpc) is 2.55. The van der Waals surface area contributed by atoms with Gasteiger partial charge >= 0.3 is 12.1 Å². The highest BCUT2D eigenvalue weighted by Crippen LogP contribution is 2.13. The van der Waals surface area contributed by atoms with Crippen molar-refractivity contribution >= 4 is 12.1 Å². The van der Waals surface area contributed by atoms with Gasteiger partial charge in [0.05, 0.1) is 12.6 Å². The fourth-order valence-corrected chi connectivity index (χ4v) is 2.36. The molecule has 3 unspecified atom stereocenters. The number of carbonyl (C=O) groups is 2. The van der Waals surface area contributed by atoms with Gasteiger partial charge < -0.3 is 19.9 Å². The Balaban J connectivity index is 2.70. The van der Waals surface area contributed by atoms with Crippen LogP contribution in [0.3, 0.4) is 0 Å². The molecule has 6 nitrogen and oxygen atoms in total. The number of amides is 1. The summed E-state index contributed by atoms with van der Waals surface area (Å²) < 4.78 is 10.9. The second kappa shape index (κ2) is 10.2.